The number of rotatable bonds is 3. The molecule has 0 spiro atoms. The number of halogens is 1. The Bertz CT molecular complexity index is 535. The molecule has 0 aliphatic carbocycles. The van der Waals surface area contributed by atoms with Crippen LogP contribution in [0.4, 0.5) is 15.8 Å². The van der Waals surface area contributed by atoms with Crippen molar-refractivity contribution in [2.75, 3.05) is 25.1 Å². The summed E-state index contributed by atoms with van der Waals surface area (Å²) in [4.78, 5) is 23.5. The number of nitro groups is 1. The summed E-state index contributed by atoms with van der Waals surface area (Å²) in [5, 5.41) is 11.0. The highest BCUT2D eigenvalue weighted by atomic mass is 19.1. The summed E-state index contributed by atoms with van der Waals surface area (Å²) in [5.41, 5.74) is -0.332. The van der Waals surface area contributed by atoms with E-state index >= 15 is 0 Å². The Morgan fingerprint density at radius 1 is 1.55 bits per heavy atom. The summed E-state index contributed by atoms with van der Waals surface area (Å²) in [7, 11) is 1.31. The van der Waals surface area contributed by atoms with Crippen molar-refractivity contribution in [3.8, 4) is 0 Å². The molecule has 0 bridgehead atoms. The molecule has 108 valence electrons. The van der Waals surface area contributed by atoms with Crippen LogP contribution in [-0.2, 0) is 9.53 Å². The molecule has 1 aliphatic rings. The molecule has 1 fully saturated rings. The number of nitrogens with zero attached hydrogens (tertiary/aromatic N) is 2. The van der Waals surface area contributed by atoms with Gasteiger partial charge in [0.15, 0.2) is 0 Å². The van der Waals surface area contributed by atoms with Gasteiger partial charge in [0, 0.05) is 13.1 Å². The standard InChI is InChI=1S/C13H15FN2O4/c1-20-13(17)9-4-3-7-15(8-9)11-6-2-5-10(14)12(11)16(18)19/h2,5-6,9H,3-4,7-8H2,1H3/t9-/m0/s1. The van der Waals surface area contributed by atoms with Gasteiger partial charge in [-0.1, -0.05) is 6.07 Å². The van der Waals surface area contributed by atoms with Crippen LogP contribution >= 0.6 is 0 Å². The molecule has 1 aromatic rings. The zero-order valence-electron chi connectivity index (χ0n) is 11.0. The highest BCUT2D eigenvalue weighted by molar-refractivity contribution is 5.74. The molecule has 7 heteroatoms. The van der Waals surface area contributed by atoms with E-state index in [2.05, 4.69) is 0 Å². The van der Waals surface area contributed by atoms with Gasteiger partial charge in [0.1, 0.15) is 5.69 Å². The number of hydrogen-bond acceptors (Lipinski definition) is 5. The lowest BCUT2D eigenvalue weighted by Crippen LogP contribution is -2.39. The van der Waals surface area contributed by atoms with E-state index in [9.17, 15) is 19.3 Å². The van der Waals surface area contributed by atoms with E-state index in [4.69, 9.17) is 4.74 Å². The van der Waals surface area contributed by atoms with Crippen molar-refractivity contribution < 1.29 is 18.8 Å². The second-order valence-corrected chi connectivity index (χ2v) is 4.67. The first-order chi connectivity index (χ1) is 9.54. The molecule has 0 unspecified atom stereocenters. The number of carbonyl (C=O) groups is 1. The van der Waals surface area contributed by atoms with E-state index in [1.807, 2.05) is 0 Å². The van der Waals surface area contributed by atoms with E-state index < -0.39 is 16.4 Å². The summed E-state index contributed by atoms with van der Waals surface area (Å²) >= 11 is 0. The Morgan fingerprint density at radius 3 is 2.95 bits per heavy atom. The number of ether oxygens (including phenoxy) is 1. The molecule has 0 N–H and O–H groups in total. The first kappa shape index (κ1) is 14.2. The van der Waals surface area contributed by atoms with Gasteiger partial charge in [-0.05, 0) is 25.0 Å². The summed E-state index contributed by atoms with van der Waals surface area (Å²) < 4.78 is 18.3. The number of para-hydroxylation sites is 1. The Balaban J connectivity index is 2.30. The topological polar surface area (TPSA) is 72.7 Å². The van der Waals surface area contributed by atoms with Crippen LogP contribution in [0.2, 0.25) is 0 Å². The van der Waals surface area contributed by atoms with Crippen LogP contribution in [0.25, 0.3) is 0 Å². The molecule has 2 rings (SSSR count). The number of piperidine rings is 1. The van der Waals surface area contributed by atoms with Crippen LogP contribution in [0.5, 0.6) is 0 Å². The average Bonchev–Trinajstić information content (AvgIpc) is 2.45. The fraction of sp³-hybridized carbons (Fsp3) is 0.462. The maximum Gasteiger partial charge on any atom is 0.327 e. The maximum atomic E-state index is 13.6. The van der Waals surface area contributed by atoms with Crippen molar-refractivity contribution in [2.24, 2.45) is 5.92 Å². The largest absolute Gasteiger partial charge is 0.469 e. The summed E-state index contributed by atoms with van der Waals surface area (Å²) in [6, 6.07) is 3.99. The summed E-state index contributed by atoms with van der Waals surface area (Å²) in [6.07, 6.45) is 1.37. The molecular weight excluding hydrogens is 267 g/mol. The fourth-order valence-electron chi connectivity index (χ4n) is 2.49. The van der Waals surface area contributed by atoms with E-state index in [0.29, 0.717) is 25.9 Å². The molecular formula is C13H15FN2O4. The predicted molar refractivity (Wildman–Crippen MR) is 70.0 cm³/mol. The van der Waals surface area contributed by atoms with Crippen molar-refractivity contribution >= 4 is 17.3 Å². The molecule has 0 amide bonds. The molecule has 1 heterocycles. The number of nitro benzene ring substituents is 1. The third-order valence-corrected chi connectivity index (χ3v) is 3.44. The minimum atomic E-state index is -0.868. The molecule has 6 nitrogen and oxygen atoms in total. The molecule has 0 aromatic heterocycles. The van der Waals surface area contributed by atoms with Crippen LogP contribution < -0.4 is 4.90 Å². The van der Waals surface area contributed by atoms with Gasteiger partial charge in [-0.2, -0.15) is 4.39 Å². The smallest absolute Gasteiger partial charge is 0.327 e. The van der Waals surface area contributed by atoms with E-state index in [-0.39, 0.29) is 17.6 Å². The lowest BCUT2D eigenvalue weighted by molar-refractivity contribution is -0.386. The number of methoxy groups -OCH3 is 1. The van der Waals surface area contributed by atoms with Crippen LogP contribution in [0.3, 0.4) is 0 Å². The Hall–Kier alpha value is -2.18. The van der Waals surface area contributed by atoms with Gasteiger partial charge in [-0.3, -0.25) is 14.9 Å². The molecule has 1 saturated heterocycles. The van der Waals surface area contributed by atoms with Gasteiger partial charge in [0.05, 0.1) is 18.0 Å². The molecule has 1 atom stereocenters. The average molecular weight is 282 g/mol. The maximum absolute atomic E-state index is 13.6. The first-order valence-electron chi connectivity index (χ1n) is 6.30. The number of hydrogen-bond donors (Lipinski definition) is 0. The van der Waals surface area contributed by atoms with Crippen molar-refractivity contribution in [1.82, 2.24) is 0 Å². The lowest BCUT2D eigenvalue weighted by atomic mass is 9.97. The number of carbonyl (C=O) groups excluding carboxylic acids is 1. The van der Waals surface area contributed by atoms with E-state index in [0.717, 1.165) is 6.07 Å². The molecule has 0 saturated carbocycles. The highest BCUT2D eigenvalue weighted by Crippen LogP contribution is 2.33. The van der Waals surface area contributed by atoms with Gasteiger partial charge in [0.25, 0.3) is 0 Å². The number of benzene rings is 1. The van der Waals surface area contributed by atoms with E-state index in [1.165, 1.54) is 19.2 Å². The molecule has 20 heavy (non-hydrogen) atoms. The third kappa shape index (κ3) is 2.71. The van der Waals surface area contributed by atoms with Crippen molar-refractivity contribution in [3.63, 3.8) is 0 Å². The zero-order valence-corrected chi connectivity index (χ0v) is 11.0. The SMILES string of the molecule is COC(=O)[C@H]1CCCN(c2cccc(F)c2[N+](=O)[O-])C1. The molecule has 0 radical (unpaired) electrons. The Labute approximate surface area is 115 Å². The number of esters is 1. The molecule has 1 aromatic carbocycles. The molecule has 1 aliphatic heterocycles. The van der Waals surface area contributed by atoms with Gasteiger partial charge >= 0.3 is 11.7 Å². The van der Waals surface area contributed by atoms with Crippen molar-refractivity contribution in [1.29, 1.82) is 0 Å². The van der Waals surface area contributed by atoms with Crippen LogP contribution in [-0.4, -0.2) is 31.1 Å². The third-order valence-electron chi connectivity index (χ3n) is 3.44. The van der Waals surface area contributed by atoms with Gasteiger partial charge < -0.3 is 9.64 Å². The van der Waals surface area contributed by atoms with Gasteiger partial charge in [-0.25, -0.2) is 0 Å². The second kappa shape index (κ2) is 5.85. The lowest BCUT2D eigenvalue weighted by Gasteiger charge is -2.32. The minimum absolute atomic E-state index is 0.212. The highest BCUT2D eigenvalue weighted by Gasteiger charge is 2.31. The Kier molecular flexibility index (Phi) is 4.16. The van der Waals surface area contributed by atoms with Crippen LogP contribution in [0, 0.1) is 21.8 Å². The first-order valence-corrected chi connectivity index (χ1v) is 6.30. The second-order valence-electron chi connectivity index (χ2n) is 4.67. The van der Waals surface area contributed by atoms with Crippen LogP contribution in [0.15, 0.2) is 18.2 Å². The predicted octanol–water partition coefficient (Wildman–Crippen LogP) is 2.12. The normalized spacial score (nSPS) is 18.7. The Morgan fingerprint density at radius 2 is 2.30 bits per heavy atom. The van der Waals surface area contributed by atoms with Crippen LogP contribution in [0.1, 0.15) is 12.8 Å². The zero-order chi connectivity index (χ0) is 14.7. The van der Waals surface area contributed by atoms with Crippen molar-refractivity contribution in [3.05, 3.63) is 34.1 Å². The van der Waals surface area contributed by atoms with Gasteiger partial charge in [-0.15, -0.1) is 0 Å². The van der Waals surface area contributed by atoms with Gasteiger partial charge in [0.2, 0.25) is 5.82 Å². The van der Waals surface area contributed by atoms with Crippen molar-refractivity contribution in [2.45, 2.75) is 12.8 Å². The van der Waals surface area contributed by atoms with E-state index in [1.54, 1.807) is 4.90 Å². The quantitative estimate of drug-likeness (QED) is 0.482. The summed E-state index contributed by atoms with van der Waals surface area (Å²) in [5.74, 6) is -1.54. The minimum Gasteiger partial charge on any atom is -0.469 e. The fourth-order valence-corrected chi connectivity index (χ4v) is 2.49. The summed E-state index contributed by atoms with van der Waals surface area (Å²) in [6.45, 7) is 0.856. The monoisotopic (exact) mass is 282 g/mol. The number of anilines is 1.